The molecule has 1 aliphatic rings. The first-order valence-electron chi connectivity index (χ1n) is 8.44. The van der Waals surface area contributed by atoms with Gasteiger partial charge in [-0.2, -0.15) is 0 Å². The molecule has 1 aromatic carbocycles. The monoisotopic (exact) mass is 378 g/mol. The fraction of sp³-hybridized carbons (Fsp3) is 0.389. The molecule has 0 spiro atoms. The predicted octanol–water partition coefficient (Wildman–Crippen LogP) is 4.93. The van der Waals surface area contributed by atoms with Crippen LogP contribution in [0.25, 0.3) is 0 Å². The molecular formula is C18H20Cl2N4O. The topological polar surface area (TPSA) is 58.1 Å². The van der Waals surface area contributed by atoms with Crippen LogP contribution in [0.15, 0.2) is 30.6 Å². The minimum Gasteiger partial charge on any atom is -0.336 e. The second-order valence-electron chi connectivity index (χ2n) is 6.07. The lowest BCUT2D eigenvalue weighted by molar-refractivity contribution is 0.0607. The Morgan fingerprint density at radius 3 is 2.56 bits per heavy atom. The Kier molecular flexibility index (Phi) is 5.76. The van der Waals surface area contributed by atoms with E-state index in [1.165, 1.54) is 6.42 Å². The number of aromatic nitrogens is 2. The lowest BCUT2D eigenvalue weighted by Gasteiger charge is -2.35. The molecule has 3 rings (SSSR count). The third-order valence-corrected chi connectivity index (χ3v) is 5.09. The Bertz CT molecular complexity index is 731. The van der Waals surface area contributed by atoms with Gasteiger partial charge in [0.15, 0.2) is 0 Å². The maximum Gasteiger partial charge on any atom is 0.257 e. The summed E-state index contributed by atoms with van der Waals surface area (Å²) >= 11 is 12.3. The summed E-state index contributed by atoms with van der Waals surface area (Å²) in [6, 6.07) is 5.53. The Balaban J connectivity index is 1.74. The molecule has 1 aliphatic heterocycles. The van der Waals surface area contributed by atoms with Crippen molar-refractivity contribution in [2.45, 2.75) is 38.6 Å². The van der Waals surface area contributed by atoms with Gasteiger partial charge in [0.2, 0.25) is 5.95 Å². The Morgan fingerprint density at radius 2 is 1.92 bits per heavy atom. The number of nitrogens with one attached hydrogen (secondary N) is 1. The number of likely N-dealkylation sites (tertiary alicyclic amines) is 1. The summed E-state index contributed by atoms with van der Waals surface area (Å²) in [7, 11) is 0. The fourth-order valence-corrected chi connectivity index (χ4v) is 3.58. The van der Waals surface area contributed by atoms with E-state index >= 15 is 0 Å². The second kappa shape index (κ2) is 8.02. The van der Waals surface area contributed by atoms with Crippen LogP contribution in [0.3, 0.4) is 0 Å². The Labute approximate surface area is 157 Å². The molecule has 1 unspecified atom stereocenters. The van der Waals surface area contributed by atoms with Gasteiger partial charge in [0.1, 0.15) is 0 Å². The summed E-state index contributed by atoms with van der Waals surface area (Å²) in [5.74, 6) is 0.339. The van der Waals surface area contributed by atoms with E-state index in [1.54, 1.807) is 30.6 Å². The normalized spacial score (nSPS) is 17.4. The first-order chi connectivity index (χ1) is 12.1. The zero-order valence-corrected chi connectivity index (χ0v) is 15.5. The number of benzene rings is 1. The van der Waals surface area contributed by atoms with Crippen molar-refractivity contribution in [3.63, 3.8) is 0 Å². The van der Waals surface area contributed by atoms with Gasteiger partial charge in [0.25, 0.3) is 5.91 Å². The molecule has 2 heterocycles. The van der Waals surface area contributed by atoms with Gasteiger partial charge in [0, 0.05) is 25.0 Å². The number of para-hydroxylation sites is 1. The quantitative estimate of drug-likeness (QED) is 0.818. The summed E-state index contributed by atoms with van der Waals surface area (Å²) in [5, 5.41) is 3.96. The van der Waals surface area contributed by atoms with Crippen molar-refractivity contribution in [2.24, 2.45) is 0 Å². The highest BCUT2D eigenvalue weighted by atomic mass is 35.5. The highest BCUT2D eigenvalue weighted by Gasteiger charge is 2.26. The standard InChI is InChI=1S/C18H20Cl2N4O/c1-2-13-6-3-4-9-24(13)17(25)12-10-21-18(22-11-12)23-16-14(19)7-5-8-15(16)20/h5,7-8,10-11,13H,2-4,6,9H2,1H3,(H,21,22,23). The number of amides is 1. The highest BCUT2D eigenvalue weighted by molar-refractivity contribution is 6.39. The minimum atomic E-state index is -0.00567. The van der Waals surface area contributed by atoms with Gasteiger partial charge in [0.05, 0.1) is 21.3 Å². The lowest BCUT2D eigenvalue weighted by Crippen LogP contribution is -2.43. The van der Waals surface area contributed by atoms with Crippen LogP contribution in [-0.4, -0.2) is 33.4 Å². The van der Waals surface area contributed by atoms with E-state index in [-0.39, 0.29) is 5.91 Å². The van der Waals surface area contributed by atoms with Crippen molar-refractivity contribution in [1.82, 2.24) is 14.9 Å². The zero-order valence-electron chi connectivity index (χ0n) is 14.0. The van der Waals surface area contributed by atoms with Crippen molar-refractivity contribution in [3.05, 3.63) is 46.2 Å². The SMILES string of the molecule is CCC1CCCCN1C(=O)c1cnc(Nc2c(Cl)cccc2Cl)nc1. The number of hydrogen-bond acceptors (Lipinski definition) is 4. The molecule has 1 fully saturated rings. The van der Waals surface area contributed by atoms with E-state index in [2.05, 4.69) is 22.2 Å². The van der Waals surface area contributed by atoms with Crippen molar-refractivity contribution in [2.75, 3.05) is 11.9 Å². The summed E-state index contributed by atoms with van der Waals surface area (Å²) in [6.07, 6.45) is 7.35. The van der Waals surface area contributed by atoms with Crippen molar-refractivity contribution < 1.29 is 4.79 Å². The zero-order chi connectivity index (χ0) is 17.8. The molecule has 1 amide bonds. The van der Waals surface area contributed by atoms with Crippen molar-refractivity contribution in [1.29, 1.82) is 0 Å². The molecule has 1 saturated heterocycles. The second-order valence-corrected chi connectivity index (χ2v) is 6.89. The van der Waals surface area contributed by atoms with Gasteiger partial charge in [-0.25, -0.2) is 9.97 Å². The molecule has 0 bridgehead atoms. The number of hydrogen-bond donors (Lipinski definition) is 1. The van der Waals surface area contributed by atoms with Gasteiger partial charge in [-0.1, -0.05) is 36.2 Å². The first-order valence-corrected chi connectivity index (χ1v) is 9.19. The van der Waals surface area contributed by atoms with E-state index in [9.17, 15) is 4.79 Å². The van der Waals surface area contributed by atoms with E-state index in [1.807, 2.05) is 4.90 Å². The first kappa shape index (κ1) is 18.0. The van der Waals surface area contributed by atoms with Crippen molar-refractivity contribution in [3.8, 4) is 0 Å². The smallest absolute Gasteiger partial charge is 0.257 e. The van der Waals surface area contributed by atoms with E-state index < -0.39 is 0 Å². The number of rotatable bonds is 4. The number of carbonyl (C=O) groups excluding carboxylic acids is 1. The van der Waals surface area contributed by atoms with Crippen LogP contribution in [-0.2, 0) is 0 Å². The summed E-state index contributed by atoms with van der Waals surface area (Å²) in [4.78, 5) is 23.1. The van der Waals surface area contributed by atoms with Gasteiger partial charge in [-0.3, -0.25) is 4.79 Å². The van der Waals surface area contributed by atoms with Gasteiger partial charge in [-0.05, 0) is 37.8 Å². The molecule has 0 aliphatic carbocycles. The largest absolute Gasteiger partial charge is 0.336 e. The van der Waals surface area contributed by atoms with Crippen LogP contribution in [0.5, 0.6) is 0 Å². The molecular weight excluding hydrogens is 359 g/mol. The Hall–Kier alpha value is -1.85. The number of anilines is 2. The van der Waals surface area contributed by atoms with Crippen LogP contribution in [0, 0.1) is 0 Å². The molecule has 2 aromatic rings. The van der Waals surface area contributed by atoms with Crippen LogP contribution in [0.1, 0.15) is 43.0 Å². The van der Waals surface area contributed by atoms with Gasteiger partial charge in [-0.15, -0.1) is 0 Å². The molecule has 132 valence electrons. The maximum absolute atomic E-state index is 12.7. The molecule has 1 N–H and O–H groups in total. The van der Waals surface area contributed by atoms with Crippen LogP contribution in [0.4, 0.5) is 11.6 Å². The van der Waals surface area contributed by atoms with E-state index in [0.717, 1.165) is 25.8 Å². The van der Waals surface area contributed by atoms with E-state index in [4.69, 9.17) is 23.2 Å². The average molecular weight is 379 g/mol. The average Bonchev–Trinajstić information content (AvgIpc) is 2.65. The van der Waals surface area contributed by atoms with Gasteiger partial charge >= 0.3 is 0 Å². The Morgan fingerprint density at radius 1 is 1.24 bits per heavy atom. The predicted molar refractivity (Wildman–Crippen MR) is 101 cm³/mol. The molecule has 25 heavy (non-hydrogen) atoms. The number of piperidine rings is 1. The summed E-state index contributed by atoms with van der Waals surface area (Å²) < 4.78 is 0. The third-order valence-electron chi connectivity index (χ3n) is 4.46. The minimum absolute atomic E-state index is 0.00567. The molecule has 0 radical (unpaired) electrons. The molecule has 0 saturated carbocycles. The van der Waals surface area contributed by atoms with Crippen molar-refractivity contribution >= 4 is 40.7 Å². The number of carbonyl (C=O) groups is 1. The molecule has 1 aromatic heterocycles. The van der Waals surface area contributed by atoms with E-state index in [0.29, 0.717) is 33.3 Å². The fourth-order valence-electron chi connectivity index (χ4n) is 3.09. The maximum atomic E-state index is 12.7. The van der Waals surface area contributed by atoms with Gasteiger partial charge < -0.3 is 10.2 Å². The summed E-state index contributed by atoms with van der Waals surface area (Å²) in [6.45, 7) is 2.92. The number of nitrogens with zero attached hydrogens (tertiary/aromatic N) is 3. The van der Waals surface area contributed by atoms with Crippen LogP contribution in [0.2, 0.25) is 10.0 Å². The van der Waals surface area contributed by atoms with Crippen LogP contribution >= 0.6 is 23.2 Å². The molecule has 7 heteroatoms. The lowest BCUT2D eigenvalue weighted by atomic mass is 9.99. The third kappa shape index (κ3) is 4.05. The molecule has 1 atom stereocenters. The van der Waals surface area contributed by atoms with Crippen LogP contribution < -0.4 is 5.32 Å². The molecule has 5 nitrogen and oxygen atoms in total. The summed E-state index contributed by atoms with van der Waals surface area (Å²) in [5.41, 5.74) is 1.04. The number of halogens is 2. The highest BCUT2D eigenvalue weighted by Crippen LogP contribution is 2.31.